The van der Waals surface area contributed by atoms with E-state index in [2.05, 4.69) is 4.98 Å². The van der Waals surface area contributed by atoms with Crippen LogP contribution in [0.1, 0.15) is 16.2 Å². The van der Waals surface area contributed by atoms with E-state index in [1.165, 1.54) is 0 Å². The molecule has 0 saturated carbocycles. The molecule has 1 aromatic heterocycles. The number of ketones is 1. The predicted octanol–water partition coefficient (Wildman–Crippen LogP) is 1.74. The number of carbonyl (C=O) groups excluding carboxylic acids is 1. The first kappa shape index (κ1) is 10.1. The molecule has 4 nitrogen and oxygen atoms in total. The van der Waals surface area contributed by atoms with E-state index < -0.39 is 0 Å². The van der Waals surface area contributed by atoms with Crippen molar-refractivity contribution >= 4 is 28.5 Å². The Bertz CT molecular complexity index is 506. The van der Waals surface area contributed by atoms with Crippen LogP contribution in [0.2, 0.25) is 0 Å². The number of oxazole rings is 1. The topological polar surface area (TPSA) is 63.3 Å². The number of rotatable bonds is 3. The molecule has 78 valence electrons. The molecule has 0 amide bonds. The second kappa shape index (κ2) is 4.00. The van der Waals surface area contributed by atoms with Crippen molar-refractivity contribution in [2.75, 3.05) is 5.88 Å². The van der Waals surface area contributed by atoms with Crippen LogP contribution in [0.5, 0.6) is 0 Å². The second-order valence-electron chi connectivity index (χ2n) is 3.01. The molecule has 1 aromatic carbocycles. The van der Waals surface area contributed by atoms with E-state index >= 15 is 0 Å². The first-order chi connectivity index (χ1) is 7.24. The zero-order valence-corrected chi connectivity index (χ0v) is 8.49. The van der Waals surface area contributed by atoms with Gasteiger partial charge in [0.05, 0.1) is 5.88 Å². The summed E-state index contributed by atoms with van der Waals surface area (Å²) in [6.45, 7) is -0.256. The van der Waals surface area contributed by atoms with Crippen molar-refractivity contribution < 1.29 is 14.3 Å². The number of fused-ring (bicyclic) bond motifs is 1. The van der Waals surface area contributed by atoms with E-state index in [1.807, 2.05) is 0 Å². The van der Waals surface area contributed by atoms with Crippen LogP contribution < -0.4 is 0 Å². The Morgan fingerprint density at radius 1 is 1.53 bits per heavy atom. The van der Waals surface area contributed by atoms with Crippen molar-refractivity contribution in [3.05, 3.63) is 29.7 Å². The molecule has 2 aromatic rings. The number of alkyl halides is 1. The van der Waals surface area contributed by atoms with Gasteiger partial charge >= 0.3 is 0 Å². The number of nitrogens with zero attached hydrogens (tertiary/aromatic N) is 1. The summed E-state index contributed by atoms with van der Waals surface area (Å²) in [7, 11) is 0. The average molecular weight is 226 g/mol. The minimum atomic E-state index is -0.256. The number of benzene rings is 1. The molecule has 1 N–H and O–H groups in total. The highest BCUT2D eigenvalue weighted by molar-refractivity contribution is 6.30. The molecule has 5 heteroatoms. The highest BCUT2D eigenvalue weighted by Crippen LogP contribution is 2.17. The van der Waals surface area contributed by atoms with Gasteiger partial charge in [0.1, 0.15) is 12.1 Å². The molecular formula is C10H8ClNO3. The van der Waals surface area contributed by atoms with Gasteiger partial charge < -0.3 is 9.52 Å². The molecule has 0 bridgehead atoms. The maximum Gasteiger partial charge on any atom is 0.221 e. The van der Waals surface area contributed by atoms with Gasteiger partial charge in [0, 0.05) is 5.56 Å². The van der Waals surface area contributed by atoms with Gasteiger partial charge in [-0.15, -0.1) is 11.6 Å². The highest BCUT2D eigenvalue weighted by Gasteiger charge is 2.09. The molecular weight excluding hydrogens is 218 g/mol. The number of hydrogen-bond acceptors (Lipinski definition) is 4. The molecule has 0 aliphatic carbocycles. The van der Waals surface area contributed by atoms with Crippen molar-refractivity contribution in [2.45, 2.75) is 6.61 Å². The lowest BCUT2D eigenvalue weighted by Crippen LogP contribution is -1.99. The third kappa shape index (κ3) is 1.86. The van der Waals surface area contributed by atoms with E-state index in [1.54, 1.807) is 18.2 Å². The maximum atomic E-state index is 11.3. The summed E-state index contributed by atoms with van der Waals surface area (Å²) in [5.41, 5.74) is 1.59. The van der Waals surface area contributed by atoms with Gasteiger partial charge in [-0.25, -0.2) is 4.98 Å². The molecule has 0 saturated heterocycles. The number of aliphatic hydroxyl groups is 1. The summed E-state index contributed by atoms with van der Waals surface area (Å²) >= 11 is 5.44. The van der Waals surface area contributed by atoms with Crippen molar-refractivity contribution in [3.8, 4) is 0 Å². The van der Waals surface area contributed by atoms with Gasteiger partial charge in [0.2, 0.25) is 5.89 Å². The van der Waals surface area contributed by atoms with Gasteiger partial charge in [-0.3, -0.25) is 4.79 Å². The first-order valence-electron chi connectivity index (χ1n) is 4.34. The Balaban J connectivity index is 2.50. The van der Waals surface area contributed by atoms with Crippen LogP contribution in [0.15, 0.2) is 22.6 Å². The molecule has 0 fully saturated rings. The normalized spacial score (nSPS) is 10.8. The molecule has 0 aliphatic rings. The third-order valence-corrected chi connectivity index (χ3v) is 2.25. The smallest absolute Gasteiger partial charge is 0.221 e. The summed E-state index contributed by atoms with van der Waals surface area (Å²) in [4.78, 5) is 15.3. The largest absolute Gasteiger partial charge is 0.438 e. The van der Waals surface area contributed by atoms with E-state index in [4.69, 9.17) is 21.1 Å². The Kier molecular flexibility index (Phi) is 2.70. The summed E-state index contributed by atoms with van der Waals surface area (Å²) in [6, 6.07) is 4.86. The zero-order valence-electron chi connectivity index (χ0n) is 7.74. The number of Topliss-reactive ketones (excluding diaryl/α,β-unsaturated/α-hetero) is 1. The Morgan fingerprint density at radius 2 is 2.33 bits per heavy atom. The lowest BCUT2D eigenvalue weighted by atomic mass is 10.1. The van der Waals surface area contributed by atoms with Crippen LogP contribution >= 0.6 is 11.6 Å². The number of aromatic nitrogens is 1. The first-order valence-corrected chi connectivity index (χ1v) is 4.87. The van der Waals surface area contributed by atoms with Crippen molar-refractivity contribution in [2.24, 2.45) is 0 Å². The fraction of sp³-hybridized carbons (Fsp3) is 0.200. The van der Waals surface area contributed by atoms with E-state index in [9.17, 15) is 4.79 Å². The van der Waals surface area contributed by atoms with E-state index in [-0.39, 0.29) is 24.2 Å². The lowest BCUT2D eigenvalue weighted by Gasteiger charge is -1.94. The molecule has 15 heavy (non-hydrogen) atoms. The third-order valence-electron chi connectivity index (χ3n) is 2.01. The lowest BCUT2D eigenvalue weighted by molar-refractivity contribution is 0.102. The van der Waals surface area contributed by atoms with Gasteiger partial charge in [0.15, 0.2) is 11.4 Å². The van der Waals surface area contributed by atoms with E-state index in [0.717, 1.165) is 0 Å². The van der Waals surface area contributed by atoms with Gasteiger partial charge in [-0.2, -0.15) is 0 Å². The molecule has 0 radical (unpaired) electrons. The number of hydrogen-bond donors (Lipinski definition) is 1. The van der Waals surface area contributed by atoms with Crippen LogP contribution in [0, 0.1) is 0 Å². The van der Waals surface area contributed by atoms with Crippen LogP contribution in [0.3, 0.4) is 0 Å². The van der Waals surface area contributed by atoms with Gasteiger partial charge in [0.25, 0.3) is 0 Å². The standard InChI is InChI=1S/C10H8ClNO3/c11-4-8(14)6-1-2-9-7(3-6)12-10(5-13)15-9/h1-3,13H,4-5H2. The fourth-order valence-corrected chi connectivity index (χ4v) is 1.45. The Morgan fingerprint density at radius 3 is 3.00 bits per heavy atom. The van der Waals surface area contributed by atoms with Crippen LogP contribution in [0.25, 0.3) is 11.1 Å². The molecule has 1 heterocycles. The summed E-state index contributed by atoms with van der Waals surface area (Å²) in [5.74, 6) is 0.0172. The minimum absolute atomic E-state index is 0.0593. The van der Waals surface area contributed by atoms with Crippen LogP contribution in [0.4, 0.5) is 0 Å². The van der Waals surface area contributed by atoms with Crippen molar-refractivity contribution in [1.29, 1.82) is 0 Å². The average Bonchev–Trinajstić information content (AvgIpc) is 2.69. The van der Waals surface area contributed by atoms with Gasteiger partial charge in [-0.1, -0.05) is 0 Å². The monoisotopic (exact) mass is 225 g/mol. The molecule has 0 spiro atoms. The SMILES string of the molecule is O=C(CCl)c1ccc2oc(CO)nc2c1. The number of halogens is 1. The second-order valence-corrected chi connectivity index (χ2v) is 3.27. The number of carbonyl (C=O) groups is 1. The van der Waals surface area contributed by atoms with Crippen molar-refractivity contribution in [1.82, 2.24) is 4.98 Å². The summed E-state index contributed by atoms with van der Waals surface area (Å²) in [5, 5.41) is 8.82. The van der Waals surface area contributed by atoms with Crippen LogP contribution in [-0.2, 0) is 6.61 Å². The molecule has 2 rings (SSSR count). The fourth-order valence-electron chi connectivity index (χ4n) is 1.29. The highest BCUT2D eigenvalue weighted by atomic mass is 35.5. The maximum absolute atomic E-state index is 11.3. The van der Waals surface area contributed by atoms with Gasteiger partial charge in [-0.05, 0) is 18.2 Å². The molecule has 0 aliphatic heterocycles. The molecule has 0 atom stereocenters. The van der Waals surface area contributed by atoms with Crippen LogP contribution in [-0.4, -0.2) is 21.8 Å². The predicted molar refractivity (Wildman–Crippen MR) is 55.0 cm³/mol. The van der Waals surface area contributed by atoms with E-state index in [0.29, 0.717) is 16.7 Å². The Labute approximate surface area is 90.5 Å². The number of aliphatic hydroxyl groups excluding tert-OH is 1. The van der Waals surface area contributed by atoms with Crippen molar-refractivity contribution in [3.63, 3.8) is 0 Å². The summed E-state index contributed by atoms with van der Waals surface area (Å²) in [6.07, 6.45) is 0. The zero-order chi connectivity index (χ0) is 10.8. The quantitative estimate of drug-likeness (QED) is 0.639. The summed E-state index contributed by atoms with van der Waals surface area (Å²) < 4.78 is 5.18. The Hall–Kier alpha value is -1.39. The minimum Gasteiger partial charge on any atom is -0.438 e. The molecule has 0 unspecified atom stereocenters.